The number of hydrogen-bond donors (Lipinski definition) is 3. The number of aromatic nitrogens is 4. The Morgan fingerprint density at radius 1 is 0.972 bits per heavy atom. The molecular weight excluding hydrogens is 472 g/mol. The lowest BCUT2D eigenvalue weighted by Gasteiger charge is -2.13. The van der Waals surface area contributed by atoms with Crippen LogP contribution in [0, 0.1) is 22.7 Å². The number of aliphatic hydroxyl groups excluding tert-OH is 1. The molecule has 0 aliphatic rings. The molecule has 4 aromatic rings. The highest BCUT2D eigenvalue weighted by atomic mass is 32.2. The van der Waals surface area contributed by atoms with Crippen molar-refractivity contribution >= 4 is 29.1 Å². The first-order valence-corrected chi connectivity index (χ1v) is 12.1. The van der Waals surface area contributed by atoms with Gasteiger partial charge in [0.25, 0.3) is 0 Å². The number of hydrogen-bond acceptors (Lipinski definition) is 10. The van der Waals surface area contributed by atoms with E-state index in [0.717, 1.165) is 17.1 Å². The highest BCUT2D eigenvalue weighted by Gasteiger charge is 2.21. The summed E-state index contributed by atoms with van der Waals surface area (Å²) in [7, 11) is 0. The predicted octanol–water partition coefficient (Wildman–Crippen LogP) is 4.22. The van der Waals surface area contributed by atoms with E-state index in [-0.39, 0.29) is 23.6 Å². The first-order valence-electron chi connectivity index (χ1n) is 11.1. The Kier molecular flexibility index (Phi) is 8.04. The molecule has 0 saturated heterocycles. The van der Waals surface area contributed by atoms with Crippen LogP contribution in [0.25, 0.3) is 11.1 Å². The Labute approximate surface area is 212 Å². The van der Waals surface area contributed by atoms with Crippen molar-refractivity contribution in [1.82, 2.24) is 19.9 Å². The number of nitrogen functional groups attached to an aromatic ring is 1. The molecule has 0 saturated carbocycles. The number of rotatable bonds is 9. The molecule has 0 unspecified atom stereocenters. The Hall–Kier alpha value is -4.51. The number of nitriles is 2. The fourth-order valence-corrected chi connectivity index (χ4v) is 4.43. The Morgan fingerprint density at radius 3 is 2.47 bits per heavy atom. The molecule has 10 heteroatoms. The number of aliphatic hydroxyl groups is 1. The molecule has 0 atom stereocenters. The first-order chi connectivity index (χ1) is 17.6. The van der Waals surface area contributed by atoms with Gasteiger partial charge >= 0.3 is 0 Å². The highest BCUT2D eigenvalue weighted by Crippen LogP contribution is 2.36. The van der Waals surface area contributed by atoms with Crippen LogP contribution in [0.5, 0.6) is 0 Å². The average molecular weight is 495 g/mol. The van der Waals surface area contributed by atoms with Crippen LogP contribution in [0.4, 0.5) is 17.3 Å². The summed E-state index contributed by atoms with van der Waals surface area (Å²) in [5.74, 6) is 1.18. The van der Waals surface area contributed by atoms with E-state index >= 15 is 0 Å². The second-order valence-corrected chi connectivity index (χ2v) is 8.64. The Balaban J connectivity index is 1.61. The molecule has 36 heavy (non-hydrogen) atoms. The van der Waals surface area contributed by atoms with Crippen molar-refractivity contribution in [3.63, 3.8) is 0 Å². The van der Waals surface area contributed by atoms with Gasteiger partial charge in [0.1, 0.15) is 34.4 Å². The molecule has 0 spiro atoms. The van der Waals surface area contributed by atoms with Gasteiger partial charge in [-0.25, -0.2) is 9.97 Å². The van der Waals surface area contributed by atoms with E-state index in [2.05, 4.69) is 37.4 Å². The molecule has 0 aliphatic carbocycles. The second kappa shape index (κ2) is 11.8. The van der Waals surface area contributed by atoms with E-state index in [1.807, 2.05) is 36.4 Å². The standard InChI is InChI=1S/C26H22N8OS/c27-13-21-24(17-6-7-18(31-15-17)4-2-12-35)22(14-28)26(34-25(21)29)36-16-20-3-1-5-23(33-20)32-19-8-10-30-11-9-19/h1,3,5-11,15,35H,2,4,12,16H2,(H2,29,34)(H,30,32,33). The van der Waals surface area contributed by atoms with E-state index < -0.39 is 0 Å². The van der Waals surface area contributed by atoms with Crippen LogP contribution in [-0.4, -0.2) is 31.6 Å². The molecule has 0 bridgehead atoms. The molecule has 4 heterocycles. The van der Waals surface area contributed by atoms with Gasteiger partial charge in [0.05, 0.1) is 11.3 Å². The summed E-state index contributed by atoms with van der Waals surface area (Å²) in [5.41, 5.74) is 10.0. The van der Waals surface area contributed by atoms with Gasteiger partial charge in [-0.15, -0.1) is 0 Å². The molecule has 4 aromatic heterocycles. The molecule has 4 rings (SSSR count). The summed E-state index contributed by atoms with van der Waals surface area (Å²) in [6.45, 7) is 0.0830. The van der Waals surface area contributed by atoms with Crippen LogP contribution in [0.2, 0.25) is 0 Å². The summed E-state index contributed by atoms with van der Waals surface area (Å²) < 4.78 is 0. The van der Waals surface area contributed by atoms with Crippen LogP contribution < -0.4 is 11.1 Å². The molecule has 0 aliphatic heterocycles. The number of nitrogens with two attached hydrogens (primary N) is 1. The largest absolute Gasteiger partial charge is 0.396 e. The minimum absolute atomic E-state index is 0.0550. The average Bonchev–Trinajstić information content (AvgIpc) is 2.91. The lowest BCUT2D eigenvalue weighted by Crippen LogP contribution is -2.04. The summed E-state index contributed by atoms with van der Waals surface area (Å²) in [4.78, 5) is 17.4. The summed E-state index contributed by atoms with van der Waals surface area (Å²) in [6.07, 6.45) is 6.25. The summed E-state index contributed by atoms with van der Waals surface area (Å²) in [6, 6.07) is 17.3. The molecule has 0 aromatic carbocycles. The van der Waals surface area contributed by atoms with E-state index in [4.69, 9.17) is 10.8 Å². The molecule has 0 amide bonds. The van der Waals surface area contributed by atoms with E-state index in [9.17, 15) is 10.5 Å². The van der Waals surface area contributed by atoms with Crippen molar-refractivity contribution in [2.24, 2.45) is 0 Å². The summed E-state index contributed by atoms with van der Waals surface area (Å²) >= 11 is 1.32. The predicted molar refractivity (Wildman–Crippen MR) is 138 cm³/mol. The van der Waals surface area contributed by atoms with Gasteiger partial charge in [0, 0.05) is 53.5 Å². The highest BCUT2D eigenvalue weighted by molar-refractivity contribution is 7.98. The normalized spacial score (nSPS) is 10.4. The number of anilines is 3. The van der Waals surface area contributed by atoms with Crippen molar-refractivity contribution in [2.45, 2.75) is 23.6 Å². The molecule has 178 valence electrons. The monoisotopic (exact) mass is 494 g/mol. The Morgan fingerprint density at radius 2 is 1.78 bits per heavy atom. The lowest BCUT2D eigenvalue weighted by atomic mass is 9.98. The fraction of sp³-hybridized carbons (Fsp3) is 0.154. The van der Waals surface area contributed by atoms with Crippen molar-refractivity contribution in [1.29, 1.82) is 10.5 Å². The quantitative estimate of drug-likeness (QED) is 0.288. The van der Waals surface area contributed by atoms with Crippen LogP contribution in [0.1, 0.15) is 28.9 Å². The molecule has 9 nitrogen and oxygen atoms in total. The number of thioether (sulfide) groups is 1. The molecule has 0 fully saturated rings. The fourth-order valence-electron chi connectivity index (χ4n) is 3.53. The van der Waals surface area contributed by atoms with Gasteiger partial charge in [-0.1, -0.05) is 23.9 Å². The minimum atomic E-state index is 0.0550. The number of nitrogens with one attached hydrogen (secondary N) is 1. The molecular formula is C26H22N8OS. The van der Waals surface area contributed by atoms with Gasteiger partial charge in [0.2, 0.25) is 0 Å². The SMILES string of the molecule is N#Cc1c(N)nc(SCc2cccc(Nc3ccncc3)n2)c(C#N)c1-c1ccc(CCCO)nc1. The van der Waals surface area contributed by atoms with Gasteiger partial charge in [-0.3, -0.25) is 9.97 Å². The number of aryl methyl sites for hydroxylation is 1. The van der Waals surface area contributed by atoms with Gasteiger partial charge < -0.3 is 16.2 Å². The molecule has 4 N–H and O–H groups in total. The zero-order valence-corrected chi connectivity index (χ0v) is 20.0. The first kappa shape index (κ1) is 24.6. The maximum absolute atomic E-state index is 10.0. The second-order valence-electron chi connectivity index (χ2n) is 7.68. The van der Waals surface area contributed by atoms with Crippen molar-refractivity contribution < 1.29 is 5.11 Å². The van der Waals surface area contributed by atoms with Crippen LogP contribution in [-0.2, 0) is 12.2 Å². The maximum Gasteiger partial charge on any atom is 0.143 e. The van der Waals surface area contributed by atoms with Crippen molar-refractivity contribution in [2.75, 3.05) is 17.7 Å². The van der Waals surface area contributed by atoms with Gasteiger partial charge in [-0.2, -0.15) is 10.5 Å². The van der Waals surface area contributed by atoms with Crippen LogP contribution in [0.15, 0.2) is 66.1 Å². The lowest BCUT2D eigenvalue weighted by molar-refractivity contribution is 0.288. The Bertz CT molecular complexity index is 1430. The van der Waals surface area contributed by atoms with Crippen LogP contribution >= 0.6 is 11.8 Å². The third-order valence-corrected chi connectivity index (χ3v) is 6.25. The number of pyridine rings is 4. The number of nitrogens with zero attached hydrogens (tertiary/aromatic N) is 6. The van der Waals surface area contributed by atoms with Crippen LogP contribution in [0.3, 0.4) is 0 Å². The molecule has 0 radical (unpaired) electrons. The third kappa shape index (κ3) is 5.76. The topological polar surface area (TPSA) is 157 Å². The van der Waals surface area contributed by atoms with Crippen molar-refractivity contribution in [3.05, 3.63) is 83.6 Å². The zero-order valence-electron chi connectivity index (χ0n) is 19.2. The van der Waals surface area contributed by atoms with Crippen molar-refractivity contribution in [3.8, 4) is 23.3 Å². The smallest absolute Gasteiger partial charge is 0.143 e. The van der Waals surface area contributed by atoms with E-state index in [1.54, 1.807) is 24.7 Å². The van der Waals surface area contributed by atoms with Gasteiger partial charge in [0.15, 0.2) is 0 Å². The summed E-state index contributed by atoms with van der Waals surface area (Å²) in [5, 5.41) is 32.5. The van der Waals surface area contributed by atoms with E-state index in [0.29, 0.717) is 40.6 Å². The zero-order chi connectivity index (χ0) is 25.3. The minimum Gasteiger partial charge on any atom is -0.396 e. The third-order valence-electron chi connectivity index (χ3n) is 5.24. The van der Waals surface area contributed by atoms with E-state index in [1.165, 1.54) is 11.8 Å². The maximum atomic E-state index is 10.0. The van der Waals surface area contributed by atoms with Gasteiger partial charge in [-0.05, 0) is 43.2 Å².